The number of aliphatic imine (C=N–C) groups is 1. The normalized spacial score (nSPS) is 22.3. The van der Waals surface area contributed by atoms with Gasteiger partial charge in [-0.3, -0.25) is 19.9 Å². The molecule has 1 aliphatic carbocycles. The maximum atomic E-state index is 11.0. The van der Waals surface area contributed by atoms with Crippen molar-refractivity contribution in [3.8, 4) is 0 Å². The molecule has 112 valence electrons. The molecular weight excluding hydrogens is 340 g/mol. The molecule has 7 heteroatoms. The fourth-order valence-electron chi connectivity index (χ4n) is 2.45. The van der Waals surface area contributed by atoms with E-state index in [9.17, 15) is 14.9 Å². The van der Waals surface area contributed by atoms with E-state index in [0.29, 0.717) is 31.2 Å². The zero-order valence-corrected chi connectivity index (χ0v) is 12.8. The third-order valence-corrected chi connectivity index (χ3v) is 4.15. The van der Waals surface area contributed by atoms with Crippen LogP contribution in [-0.2, 0) is 4.79 Å². The van der Waals surface area contributed by atoms with Crippen molar-refractivity contribution in [3.05, 3.63) is 38.3 Å². The number of rotatable bonds is 4. The summed E-state index contributed by atoms with van der Waals surface area (Å²) in [4.78, 5) is 25.8. The van der Waals surface area contributed by atoms with E-state index in [1.165, 1.54) is 12.3 Å². The molecule has 0 radical (unpaired) electrons. The van der Waals surface area contributed by atoms with E-state index < -0.39 is 10.9 Å². The summed E-state index contributed by atoms with van der Waals surface area (Å²) in [5, 5.41) is 19.9. The second kappa shape index (κ2) is 6.80. The van der Waals surface area contributed by atoms with Gasteiger partial charge in [0.1, 0.15) is 0 Å². The first kappa shape index (κ1) is 15.6. The van der Waals surface area contributed by atoms with Gasteiger partial charge in [-0.1, -0.05) is 15.9 Å². The number of carboxylic acids is 1. The van der Waals surface area contributed by atoms with Crippen molar-refractivity contribution in [2.45, 2.75) is 31.7 Å². The molecule has 1 aromatic rings. The summed E-state index contributed by atoms with van der Waals surface area (Å²) in [7, 11) is 0. The summed E-state index contributed by atoms with van der Waals surface area (Å²) in [6.45, 7) is 0. The highest BCUT2D eigenvalue weighted by Crippen LogP contribution is 2.27. The van der Waals surface area contributed by atoms with Crippen LogP contribution in [0.2, 0.25) is 0 Å². The van der Waals surface area contributed by atoms with Crippen LogP contribution < -0.4 is 0 Å². The lowest BCUT2D eigenvalue weighted by atomic mass is 9.86. The van der Waals surface area contributed by atoms with E-state index in [0.717, 1.165) is 4.47 Å². The van der Waals surface area contributed by atoms with Gasteiger partial charge in [0.25, 0.3) is 5.69 Å². The first-order valence-corrected chi connectivity index (χ1v) is 7.46. The third kappa shape index (κ3) is 4.10. The molecule has 0 atom stereocenters. The molecule has 0 amide bonds. The Kier molecular flexibility index (Phi) is 5.06. The zero-order chi connectivity index (χ0) is 15.4. The molecule has 1 N–H and O–H groups in total. The lowest BCUT2D eigenvalue weighted by Gasteiger charge is -2.23. The maximum Gasteiger partial charge on any atom is 0.306 e. The summed E-state index contributed by atoms with van der Waals surface area (Å²) >= 11 is 3.29. The summed E-state index contributed by atoms with van der Waals surface area (Å²) in [6.07, 6.45) is 4.15. The van der Waals surface area contributed by atoms with Crippen molar-refractivity contribution in [3.63, 3.8) is 0 Å². The van der Waals surface area contributed by atoms with E-state index in [1.807, 2.05) is 0 Å². The zero-order valence-electron chi connectivity index (χ0n) is 11.2. The molecule has 0 bridgehead atoms. The van der Waals surface area contributed by atoms with Gasteiger partial charge in [-0.05, 0) is 37.8 Å². The smallest absolute Gasteiger partial charge is 0.306 e. The quantitative estimate of drug-likeness (QED) is 0.509. The highest BCUT2D eigenvalue weighted by atomic mass is 79.9. The molecule has 1 fully saturated rings. The van der Waals surface area contributed by atoms with Crippen LogP contribution in [0.25, 0.3) is 0 Å². The van der Waals surface area contributed by atoms with Crippen molar-refractivity contribution in [1.82, 2.24) is 0 Å². The molecule has 0 aliphatic heterocycles. The predicted molar refractivity (Wildman–Crippen MR) is 81.8 cm³/mol. The van der Waals surface area contributed by atoms with E-state index in [2.05, 4.69) is 20.9 Å². The molecule has 0 spiro atoms. The Labute approximate surface area is 130 Å². The van der Waals surface area contributed by atoms with Crippen molar-refractivity contribution >= 4 is 33.8 Å². The summed E-state index contributed by atoms with van der Waals surface area (Å²) in [6, 6.07) is 4.75. The first-order valence-electron chi connectivity index (χ1n) is 6.67. The minimum absolute atomic E-state index is 0.0150. The number of halogens is 1. The molecule has 6 nitrogen and oxygen atoms in total. The lowest BCUT2D eigenvalue weighted by molar-refractivity contribution is -0.385. The monoisotopic (exact) mass is 354 g/mol. The number of nitro groups is 1. The molecule has 21 heavy (non-hydrogen) atoms. The average Bonchev–Trinajstić information content (AvgIpc) is 2.45. The second-order valence-electron chi connectivity index (χ2n) is 5.08. The Bertz CT molecular complexity index is 580. The topological polar surface area (TPSA) is 92.8 Å². The van der Waals surface area contributed by atoms with E-state index in [4.69, 9.17) is 5.11 Å². The van der Waals surface area contributed by atoms with E-state index in [1.54, 1.807) is 12.1 Å². The predicted octanol–water partition coefficient (Wildman–Crippen LogP) is 3.42. The Morgan fingerprint density at radius 3 is 2.62 bits per heavy atom. The van der Waals surface area contributed by atoms with E-state index in [-0.39, 0.29) is 17.6 Å². The number of aliphatic carboxylic acids is 1. The fourth-order valence-corrected chi connectivity index (χ4v) is 2.83. The minimum atomic E-state index is -0.750. The summed E-state index contributed by atoms with van der Waals surface area (Å²) in [5.41, 5.74) is 0.468. The number of hydrogen-bond acceptors (Lipinski definition) is 4. The number of carboxylic acid groups (broad SMARTS) is 1. The number of benzene rings is 1. The summed E-state index contributed by atoms with van der Waals surface area (Å²) < 4.78 is 0.754. The minimum Gasteiger partial charge on any atom is -0.481 e. The van der Waals surface area contributed by atoms with Crippen molar-refractivity contribution in [2.24, 2.45) is 10.9 Å². The molecule has 1 aliphatic rings. The van der Waals surface area contributed by atoms with Gasteiger partial charge in [0.05, 0.1) is 16.4 Å². The molecule has 0 unspecified atom stereocenters. The van der Waals surface area contributed by atoms with Crippen LogP contribution in [0.15, 0.2) is 27.7 Å². The van der Waals surface area contributed by atoms with Crippen LogP contribution in [0.5, 0.6) is 0 Å². The molecule has 1 saturated carbocycles. The van der Waals surface area contributed by atoms with Crippen LogP contribution >= 0.6 is 15.9 Å². The molecular formula is C14H15BrN2O4. The largest absolute Gasteiger partial charge is 0.481 e. The van der Waals surface area contributed by atoms with Crippen molar-refractivity contribution < 1.29 is 14.8 Å². The highest BCUT2D eigenvalue weighted by Gasteiger charge is 2.25. The second-order valence-corrected chi connectivity index (χ2v) is 6.00. The van der Waals surface area contributed by atoms with Gasteiger partial charge in [0.2, 0.25) is 0 Å². The van der Waals surface area contributed by atoms with Crippen LogP contribution in [0, 0.1) is 16.0 Å². The van der Waals surface area contributed by atoms with Gasteiger partial charge >= 0.3 is 5.97 Å². The Morgan fingerprint density at radius 1 is 1.38 bits per heavy atom. The van der Waals surface area contributed by atoms with Gasteiger partial charge < -0.3 is 5.11 Å². The number of carbonyl (C=O) groups is 1. The molecule has 0 heterocycles. The van der Waals surface area contributed by atoms with Gasteiger partial charge in [0, 0.05) is 22.8 Å². The summed E-state index contributed by atoms with van der Waals surface area (Å²) in [5.74, 6) is -1.03. The fraction of sp³-hybridized carbons (Fsp3) is 0.429. The van der Waals surface area contributed by atoms with Gasteiger partial charge in [-0.25, -0.2) is 0 Å². The Balaban J connectivity index is 2.07. The average molecular weight is 355 g/mol. The van der Waals surface area contributed by atoms with Crippen LogP contribution in [0.1, 0.15) is 31.2 Å². The van der Waals surface area contributed by atoms with Gasteiger partial charge in [-0.2, -0.15) is 0 Å². The standard InChI is InChI=1S/C14H15BrN2O4/c15-11-3-6-13(17(20)21)10(7-11)8-16-12-4-1-9(2-5-12)14(18)19/h3,6-9,12H,1-2,4-5H2,(H,18,19). The van der Waals surface area contributed by atoms with Crippen LogP contribution in [-0.4, -0.2) is 28.3 Å². The lowest BCUT2D eigenvalue weighted by Crippen LogP contribution is -2.23. The first-order chi connectivity index (χ1) is 9.97. The molecule has 2 rings (SSSR count). The highest BCUT2D eigenvalue weighted by molar-refractivity contribution is 9.10. The third-order valence-electron chi connectivity index (χ3n) is 3.66. The Hall–Kier alpha value is -1.76. The molecule has 0 aromatic heterocycles. The van der Waals surface area contributed by atoms with Crippen LogP contribution in [0.3, 0.4) is 0 Å². The maximum absolute atomic E-state index is 11.0. The van der Waals surface area contributed by atoms with Crippen LogP contribution in [0.4, 0.5) is 5.69 Å². The molecule has 0 saturated heterocycles. The number of nitrogens with zero attached hydrogens (tertiary/aromatic N) is 2. The van der Waals surface area contributed by atoms with Gasteiger partial charge in [-0.15, -0.1) is 0 Å². The molecule has 1 aromatic carbocycles. The number of nitro benzene ring substituents is 1. The van der Waals surface area contributed by atoms with Crippen molar-refractivity contribution in [1.29, 1.82) is 0 Å². The Morgan fingerprint density at radius 2 is 2.05 bits per heavy atom. The van der Waals surface area contributed by atoms with E-state index >= 15 is 0 Å². The number of hydrogen-bond donors (Lipinski definition) is 1. The van der Waals surface area contributed by atoms with Gasteiger partial charge in [0.15, 0.2) is 0 Å². The SMILES string of the molecule is O=C(O)C1CCC(N=Cc2cc(Br)ccc2[N+](=O)[O-])CC1. The van der Waals surface area contributed by atoms with Crippen molar-refractivity contribution in [2.75, 3.05) is 0 Å².